The monoisotopic (exact) mass is 267 g/mol. The molecule has 108 valence electrons. The van der Waals surface area contributed by atoms with Crippen LogP contribution in [0.15, 0.2) is 0 Å². The topological polar surface area (TPSA) is 57.6 Å². The van der Waals surface area contributed by atoms with Crippen LogP contribution in [0.5, 0.6) is 0 Å². The summed E-state index contributed by atoms with van der Waals surface area (Å²) in [5, 5.41) is 9.38. The van der Waals surface area contributed by atoms with Crippen molar-refractivity contribution >= 4 is 11.9 Å². The van der Waals surface area contributed by atoms with Crippen molar-refractivity contribution in [1.29, 1.82) is 0 Å². The molecule has 19 heavy (non-hydrogen) atoms. The molecule has 0 aromatic rings. The van der Waals surface area contributed by atoms with Gasteiger partial charge in [-0.2, -0.15) is 0 Å². The maximum absolute atomic E-state index is 12.3. The van der Waals surface area contributed by atoms with Crippen LogP contribution in [0.4, 0.5) is 4.79 Å². The van der Waals surface area contributed by atoms with Crippen molar-refractivity contribution in [2.75, 3.05) is 6.54 Å². The fourth-order valence-corrected chi connectivity index (χ4v) is 3.19. The van der Waals surface area contributed by atoms with Crippen molar-refractivity contribution in [2.45, 2.75) is 58.9 Å². The number of hydrogen-bond acceptors (Lipinski definition) is 2. The minimum atomic E-state index is -0.848. The molecule has 2 fully saturated rings. The van der Waals surface area contributed by atoms with Crippen molar-refractivity contribution in [2.24, 2.45) is 17.3 Å². The molecular formula is C15H25NO3. The van der Waals surface area contributed by atoms with E-state index in [9.17, 15) is 14.7 Å². The molecule has 0 bridgehead atoms. The Morgan fingerprint density at radius 3 is 2.21 bits per heavy atom. The Hall–Kier alpha value is -1.06. The average Bonchev–Trinajstić information content (AvgIpc) is 3.12. The Kier molecular flexibility index (Phi) is 3.88. The molecule has 2 aliphatic rings. The number of rotatable bonds is 2. The Labute approximate surface area is 115 Å². The van der Waals surface area contributed by atoms with E-state index in [4.69, 9.17) is 0 Å². The first kappa shape index (κ1) is 14.4. The van der Waals surface area contributed by atoms with Crippen LogP contribution in [0.3, 0.4) is 0 Å². The van der Waals surface area contributed by atoms with E-state index in [-0.39, 0.29) is 23.3 Å². The number of hydrogen-bond donors (Lipinski definition) is 1. The summed E-state index contributed by atoms with van der Waals surface area (Å²) in [6, 6.07) is -0.0554. The Morgan fingerprint density at radius 2 is 1.74 bits per heavy atom. The Bertz CT molecular complexity index is 368. The van der Waals surface area contributed by atoms with Gasteiger partial charge in [0, 0.05) is 24.4 Å². The summed E-state index contributed by atoms with van der Waals surface area (Å²) in [4.78, 5) is 25.3. The third kappa shape index (κ3) is 3.28. The molecule has 2 atom stereocenters. The zero-order chi connectivity index (χ0) is 14.2. The maximum atomic E-state index is 12.3. The minimum absolute atomic E-state index is 0.0554. The molecule has 0 aromatic carbocycles. The molecule has 4 heteroatoms. The summed E-state index contributed by atoms with van der Waals surface area (Å²) in [5.41, 5.74) is -0.120. The molecule has 4 nitrogen and oxygen atoms in total. The summed E-state index contributed by atoms with van der Waals surface area (Å²) in [7, 11) is 0. The van der Waals surface area contributed by atoms with Crippen molar-refractivity contribution in [3.05, 3.63) is 0 Å². The minimum Gasteiger partial charge on any atom is -0.465 e. The molecule has 0 spiro atoms. The van der Waals surface area contributed by atoms with Gasteiger partial charge in [0.25, 0.3) is 0 Å². The lowest BCUT2D eigenvalue weighted by atomic mass is 9.79. The summed E-state index contributed by atoms with van der Waals surface area (Å²) in [6.07, 6.45) is 3.59. The van der Waals surface area contributed by atoms with Crippen LogP contribution in [-0.4, -0.2) is 34.5 Å². The number of carboxylic acid groups (broad SMARTS) is 1. The molecular weight excluding hydrogens is 242 g/mol. The van der Waals surface area contributed by atoms with E-state index in [0.29, 0.717) is 18.7 Å². The lowest BCUT2D eigenvalue weighted by molar-refractivity contribution is -0.124. The van der Waals surface area contributed by atoms with E-state index < -0.39 is 6.09 Å². The lowest BCUT2D eigenvalue weighted by Gasteiger charge is -2.38. The molecule has 1 aliphatic heterocycles. The predicted octanol–water partition coefficient (Wildman–Crippen LogP) is 3.16. The Morgan fingerprint density at radius 1 is 1.11 bits per heavy atom. The van der Waals surface area contributed by atoms with Crippen molar-refractivity contribution < 1.29 is 14.7 Å². The van der Waals surface area contributed by atoms with Gasteiger partial charge < -0.3 is 10.0 Å². The predicted molar refractivity (Wildman–Crippen MR) is 73.0 cm³/mol. The first-order valence-electron chi connectivity index (χ1n) is 7.34. The van der Waals surface area contributed by atoms with Gasteiger partial charge in [-0.1, -0.05) is 20.8 Å². The van der Waals surface area contributed by atoms with Gasteiger partial charge >= 0.3 is 6.09 Å². The molecule has 1 N–H and O–H groups in total. The lowest BCUT2D eigenvalue weighted by Crippen LogP contribution is -2.47. The van der Waals surface area contributed by atoms with Crippen LogP contribution in [0, 0.1) is 17.3 Å². The van der Waals surface area contributed by atoms with Crippen molar-refractivity contribution in [1.82, 2.24) is 4.90 Å². The standard InChI is InChI=1S/C15H25NO3/c1-15(2,3)12-9-11(13(17)10-6-7-10)5-4-8-16(12)14(18)19/h10-12H,4-9H2,1-3H3,(H,18,19). The first-order chi connectivity index (χ1) is 8.80. The molecule has 2 unspecified atom stereocenters. The second-order valence-corrected chi connectivity index (χ2v) is 7.11. The van der Waals surface area contributed by atoms with Gasteiger partial charge in [-0.05, 0) is 37.5 Å². The SMILES string of the molecule is CC(C)(C)C1CC(C(=O)C2CC2)CCCN1C(=O)O. The van der Waals surface area contributed by atoms with Gasteiger partial charge in [0.2, 0.25) is 0 Å². The largest absolute Gasteiger partial charge is 0.465 e. The van der Waals surface area contributed by atoms with Gasteiger partial charge in [0.15, 0.2) is 0 Å². The number of ketones is 1. The van der Waals surface area contributed by atoms with Gasteiger partial charge in [-0.25, -0.2) is 4.79 Å². The third-order valence-corrected chi connectivity index (χ3v) is 4.46. The summed E-state index contributed by atoms with van der Waals surface area (Å²) in [6.45, 7) is 6.76. The molecule has 1 heterocycles. The van der Waals surface area contributed by atoms with E-state index >= 15 is 0 Å². The normalized spacial score (nSPS) is 28.9. The molecule has 1 aliphatic carbocycles. The highest BCUT2D eigenvalue weighted by Crippen LogP contribution is 2.39. The average molecular weight is 267 g/mol. The van der Waals surface area contributed by atoms with Crippen LogP contribution >= 0.6 is 0 Å². The zero-order valence-corrected chi connectivity index (χ0v) is 12.2. The highest BCUT2D eigenvalue weighted by atomic mass is 16.4. The van der Waals surface area contributed by atoms with Gasteiger partial charge in [0.1, 0.15) is 5.78 Å². The van der Waals surface area contributed by atoms with Gasteiger partial charge in [-0.3, -0.25) is 4.79 Å². The first-order valence-corrected chi connectivity index (χ1v) is 7.34. The molecule has 2 rings (SSSR count). The highest BCUT2D eigenvalue weighted by Gasteiger charge is 2.42. The third-order valence-electron chi connectivity index (χ3n) is 4.46. The molecule has 0 radical (unpaired) electrons. The van der Waals surface area contributed by atoms with E-state index in [2.05, 4.69) is 20.8 Å². The number of nitrogens with zero attached hydrogens (tertiary/aromatic N) is 1. The number of carbonyl (C=O) groups excluding carboxylic acids is 1. The second kappa shape index (κ2) is 5.14. The van der Waals surface area contributed by atoms with Crippen molar-refractivity contribution in [3.63, 3.8) is 0 Å². The van der Waals surface area contributed by atoms with Gasteiger partial charge in [0.05, 0.1) is 0 Å². The van der Waals surface area contributed by atoms with Crippen LogP contribution in [-0.2, 0) is 4.79 Å². The van der Waals surface area contributed by atoms with Crippen molar-refractivity contribution in [3.8, 4) is 0 Å². The fourth-order valence-electron chi connectivity index (χ4n) is 3.19. The number of carbonyl (C=O) groups is 2. The van der Waals surface area contributed by atoms with E-state index in [0.717, 1.165) is 25.7 Å². The molecule has 1 saturated heterocycles. The van der Waals surface area contributed by atoms with E-state index in [1.54, 1.807) is 4.90 Å². The van der Waals surface area contributed by atoms with Crippen LogP contribution < -0.4 is 0 Å². The quantitative estimate of drug-likeness (QED) is 0.836. The summed E-state index contributed by atoms with van der Waals surface area (Å²) in [5.74, 6) is 0.740. The number of likely N-dealkylation sites (tertiary alicyclic amines) is 1. The van der Waals surface area contributed by atoms with Crippen LogP contribution in [0.1, 0.15) is 52.9 Å². The molecule has 1 amide bonds. The van der Waals surface area contributed by atoms with Gasteiger partial charge in [-0.15, -0.1) is 0 Å². The Balaban J connectivity index is 2.16. The van der Waals surface area contributed by atoms with E-state index in [1.165, 1.54) is 0 Å². The van der Waals surface area contributed by atoms with Crippen LogP contribution in [0.25, 0.3) is 0 Å². The number of amides is 1. The second-order valence-electron chi connectivity index (χ2n) is 7.11. The molecule has 0 aromatic heterocycles. The van der Waals surface area contributed by atoms with Crippen LogP contribution in [0.2, 0.25) is 0 Å². The number of Topliss-reactive ketones (excluding diaryl/α,β-unsaturated/α-hetero) is 1. The smallest absolute Gasteiger partial charge is 0.407 e. The van der Waals surface area contributed by atoms with E-state index in [1.807, 2.05) is 0 Å². The summed E-state index contributed by atoms with van der Waals surface area (Å²) < 4.78 is 0. The highest BCUT2D eigenvalue weighted by molar-refractivity contribution is 5.85. The maximum Gasteiger partial charge on any atom is 0.407 e. The zero-order valence-electron chi connectivity index (χ0n) is 12.2. The fraction of sp³-hybridized carbons (Fsp3) is 0.867. The summed E-state index contributed by atoms with van der Waals surface area (Å²) >= 11 is 0. The molecule has 1 saturated carbocycles.